The summed E-state index contributed by atoms with van der Waals surface area (Å²) in [4.78, 5) is 12.0. The zero-order valence-corrected chi connectivity index (χ0v) is 16.8. The van der Waals surface area contributed by atoms with Gasteiger partial charge in [0, 0.05) is 12.5 Å². The van der Waals surface area contributed by atoms with E-state index in [1.54, 1.807) is 0 Å². The van der Waals surface area contributed by atoms with E-state index in [-0.39, 0.29) is 0 Å². The van der Waals surface area contributed by atoms with Crippen molar-refractivity contribution in [3.05, 3.63) is 71.8 Å². The number of carbonyl (C=O) groups is 1. The molecule has 2 aromatic carbocycles. The summed E-state index contributed by atoms with van der Waals surface area (Å²) in [7, 11) is 2.10. The van der Waals surface area contributed by atoms with E-state index in [9.17, 15) is 9.90 Å². The van der Waals surface area contributed by atoms with Crippen LogP contribution in [0, 0.1) is 5.92 Å². The van der Waals surface area contributed by atoms with Crippen LogP contribution in [-0.2, 0) is 27.5 Å². The van der Waals surface area contributed by atoms with Crippen molar-refractivity contribution in [3.8, 4) is 0 Å². The van der Waals surface area contributed by atoms with Crippen LogP contribution in [0.15, 0.2) is 60.7 Å². The number of ether oxygens (including phenoxy) is 2. The van der Waals surface area contributed by atoms with Crippen LogP contribution in [0.5, 0.6) is 0 Å². The second kappa shape index (κ2) is 11.6. The van der Waals surface area contributed by atoms with Crippen molar-refractivity contribution in [1.29, 1.82) is 0 Å². The SMILES string of the molecule is CN1CCC(C(C)(O)COCc2ccccc2)C1.O=COCc1ccccc1. The molecule has 0 spiro atoms. The maximum atomic E-state index is 10.5. The Morgan fingerprint density at radius 3 is 2.14 bits per heavy atom. The van der Waals surface area contributed by atoms with E-state index in [0.717, 1.165) is 30.6 Å². The predicted molar refractivity (Wildman–Crippen MR) is 110 cm³/mol. The minimum atomic E-state index is -0.723. The maximum Gasteiger partial charge on any atom is 0.293 e. The Hall–Kier alpha value is -2.21. The molecule has 3 rings (SSSR count). The normalized spacial score (nSPS) is 18.6. The molecule has 0 amide bonds. The molecular weight excluding hydrogens is 354 g/mol. The molecule has 1 saturated heterocycles. The average Bonchev–Trinajstić information content (AvgIpc) is 3.16. The predicted octanol–water partition coefficient (Wildman–Crippen LogP) is 3.27. The van der Waals surface area contributed by atoms with Gasteiger partial charge in [-0.1, -0.05) is 60.7 Å². The Morgan fingerprint density at radius 2 is 1.64 bits per heavy atom. The minimum Gasteiger partial charge on any atom is -0.463 e. The van der Waals surface area contributed by atoms with E-state index >= 15 is 0 Å². The van der Waals surface area contributed by atoms with E-state index in [2.05, 4.69) is 16.7 Å². The van der Waals surface area contributed by atoms with Crippen molar-refractivity contribution < 1.29 is 19.4 Å². The van der Waals surface area contributed by atoms with Gasteiger partial charge < -0.3 is 19.5 Å². The third-order valence-corrected chi connectivity index (χ3v) is 4.94. The number of rotatable bonds is 8. The van der Waals surface area contributed by atoms with Crippen LogP contribution in [0.4, 0.5) is 0 Å². The summed E-state index contributed by atoms with van der Waals surface area (Å²) in [6.07, 6.45) is 1.05. The molecule has 5 nitrogen and oxygen atoms in total. The molecule has 1 fully saturated rings. The smallest absolute Gasteiger partial charge is 0.293 e. The summed E-state index contributed by atoms with van der Waals surface area (Å²) in [5, 5.41) is 10.5. The van der Waals surface area contributed by atoms with E-state index in [0.29, 0.717) is 32.2 Å². The van der Waals surface area contributed by atoms with Gasteiger partial charge in [-0.3, -0.25) is 4.79 Å². The van der Waals surface area contributed by atoms with Gasteiger partial charge in [-0.25, -0.2) is 0 Å². The monoisotopic (exact) mass is 385 g/mol. The van der Waals surface area contributed by atoms with Crippen LogP contribution < -0.4 is 0 Å². The number of aliphatic hydroxyl groups is 1. The summed E-state index contributed by atoms with van der Waals surface area (Å²) in [6.45, 7) is 5.71. The Labute approximate surface area is 167 Å². The van der Waals surface area contributed by atoms with Gasteiger partial charge in [0.15, 0.2) is 0 Å². The molecule has 28 heavy (non-hydrogen) atoms. The molecule has 2 atom stereocenters. The first-order valence-electron chi connectivity index (χ1n) is 9.63. The van der Waals surface area contributed by atoms with Crippen molar-refractivity contribution in [2.24, 2.45) is 5.92 Å². The number of carbonyl (C=O) groups excluding carboxylic acids is 1. The number of likely N-dealkylation sites (tertiary alicyclic amines) is 1. The van der Waals surface area contributed by atoms with Gasteiger partial charge in [-0.05, 0) is 38.1 Å². The molecule has 1 heterocycles. The third kappa shape index (κ3) is 7.80. The van der Waals surface area contributed by atoms with Crippen LogP contribution >= 0.6 is 0 Å². The lowest BCUT2D eigenvalue weighted by Gasteiger charge is -2.29. The highest BCUT2D eigenvalue weighted by molar-refractivity contribution is 5.37. The molecule has 0 radical (unpaired) electrons. The third-order valence-electron chi connectivity index (χ3n) is 4.94. The lowest BCUT2D eigenvalue weighted by molar-refractivity contribution is -0.129. The second-order valence-corrected chi connectivity index (χ2v) is 7.48. The van der Waals surface area contributed by atoms with Gasteiger partial charge >= 0.3 is 0 Å². The fraction of sp³-hybridized carbons (Fsp3) is 0.435. The average molecular weight is 386 g/mol. The fourth-order valence-corrected chi connectivity index (χ4v) is 3.21. The molecule has 2 unspecified atom stereocenters. The van der Waals surface area contributed by atoms with Gasteiger partial charge in [0.25, 0.3) is 6.47 Å². The first-order chi connectivity index (χ1) is 13.5. The van der Waals surface area contributed by atoms with Crippen LogP contribution in [0.25, 0.3) is 0 Å². The lowest BCUT2D eigenvalue weighted by Crippen LogP contribution is -2.40. The molecule has 152 valence electrons. The quantitative estimate of drug-likeness (QED) is 0.707. The minimum absolute atomic E-state index is 0.318. The summed E-state index contributed by atoms with van der Waals surface area (Å²) in [6, 6.07) is 19.6. The van der Waals surface area contributed by atoms with Crippen LogP contribution in [0.2, 0.25) is 0 Å². The highest BCUT2D eigenvalue weighted by Crippen LogP contribution is 2.27. The van der Waals surface area contributed by atoms with E-state index in [1.165, 1.54) is 0 Å². The molecule has 5 heteroatoms. The zero-order valence-electron chi connectivity index (χ0n) is 16.8. The Morgan fingerprint density at radius 1 is 1.07 bits per heavy atom. The van der Waals surface area contributed by atoms with E-state index in [4.69, 9.17) is 4.74 Å². The van der Waals surface area contributed by atoms with Crippen LogP contribution in [0.1, 0.15) is 24.5 Å². The second-order valence-electron chi connectivity index (χ2n) is 7.48. The molecule has 1 aliphatic rings. The molecule has 0 aliphatic carbocycles. The van der Waals surface area contributed by atoms with Crippen LogP contribution in [0.3, 0.4) is 0 Å². The van der Waals surface area contributed by atoms with Gasteiger partial charge in [-0.15, -0.1) is 0 Å². The maximum absolute atomic E-state index is 10.5. The number of hydrogen-bond donors (Lipinski definition) is 1. The molecule has 2 aromatic rings. The van der Waals surface area contributed by atoms with Crippen molar-refractivity contribution in [1.82, 2.24) is 4.90 Å². The van der Waals surface area contributed by atoms with Crippen LogP contribution in [-0.4, -0.2) is 48.8 Å². The van der Waals surface area contributed by atoms with Crippen molar-refractivity contribution >= 4 is 6.47 Å². The summed E-state index contributed by atoms with van der Waals surface area (Å²) < 4.78 is 10.2. The standard InChI is InChI=1S/C15H23NO2.C8H8O2/c1-15(17,14-8-9-16(2)10-14)12-18-11-13-6-4-3-5-7-13;9-7-10-6-8-4-2-1-3-5-8/h3-7,14,17H,8-12H2,1-2H3;1-5,7H,6H2. The van der Waals surface area contributed by atoms with E-state index in [1.807, 2.05) is 67.6 Å². The topological polar surface area (TPSA) is 59.0 Å². The van der Waals surface area contributed by atoms with Gasteiger partial charge in [0.1, 0.15) is 6.61 Å². The molecule has 0 aromatic heterocycles. The lowest BCUT2D eigenvalue weighted by atomic mass is 9.89. The molecule has 1 N–H and O–H groups in total. The largest absolute Gasteiger partial charge is 0.463 e. The van der Waals surface area contributed by atoms with E-state index < -0.39 is 5.60 Å². The summed E-state index contributed by atoms with van der Waals surface area (Å²) in [5.41, 5.74) is 1.44. The molecule has 0 saturated carbocycles. The van der Waals surface area contributed by atoms with Gasteiger partial charge in [-0.2, -0.15) is 0 Å². The highest BCUT2D eigenvalue weighted by Gasteiger charge is 2.36. The van der Waals surface area contributed by atoms with Gasteiger partial charge in [0.05, 0.1) is 18.8 Å². The Balaban J connectivity index is 0.000000237. The zero-order chi connectivity index (χ0) is 20.2. The van der Waals surface area contributed by atoms with Gasteiger partial charge in [0.2, 0.25) is 0 Å². The molecule has 0 bridgehead atoms. The number of hydrogen-bond acceptors (Lipinski definition) is 5. The number of benzene rings is 2. The molecule has 1 aliphatic heterocycles. The summed E-state index contributed by atoms with van der Waals surface area (Å²) >= 11 is 0. The molecular formula is C23H31NO4. The summed E-state index contributed by atoms with van der Waals surface area (Å²) in [5.74, 6) is 0.318. The first-order valence-corrected chi connectivity index (χ1v) is 9.63. The first kappa shape index (κ1) is 22.1. The Kier molecular flexibility index (Phi) is 9.14. The Bertz CT molecular complexity index is 676. The van der Waals surface area contributed by atoms with Crippen molar-refractivity contribution in [2.75, 3.05) is 26.7 Å². The fourth-order valence-electron chi connectivity index (χ4n) is 3.21. The highest BCUT2D eigenvalue weighted by atomic mass is 16.5. The van der Waals surface area contributed by atoms with Crippen molar-refractivity contribution in [2.45, 2.75) is 32.2 Å². The number of nitrogens with zero attached hydrogens (tertiary/aromatic N) is 1. The van der Waals surface area contributed by atoms with Crippen molar-refractivity contribution in [3.63, 3.8) is 0 Å².